The largest absolute Gasteiger partial charge is 0.330 e. The Morgan fingerprint density at radius 3 is 2.67 bits per heavy atom. The van der Waals surface area contributed by atoms with E-state index in [4.69, 9.17) is 0 Å². The van der Waals surface area contributed by atoms with Crippen molar-refractivity contribution in [1.82, 2.24) is 15.5 Å². The highest BCUT2D eigenvalue weighted by atomic mass is 16.2. The van der Waals surface area contributed by atoms with Crippen LogP contribution in [0.5, 0.6) is 0 Å². The Kier molecular flexibility index (Phi) is 2.58. The summed E-state index contributed by atoms with van der Waals surface area (Å²) in [6.45, 7) is 1.86. The van der Waals surface area contributed by atoms with E-state index in [1.54, 1.807) is 12.3 Å². The number of amides is 3. The van der Waals surface area contributed by atoms with Crippen LogP contribution in [0.2, 0.25) is 0 Å². The third-order valence-corrected chi connectivity index (χ3v) is 5.21. The van der Waals surface area contributed by atoms with Crippen LogP contribution in [0.4, 0.5) is 10.6 Å². The molecule has 0 atom stereocenters. The zero-order valence-electron chi connectivity index (χ0n) is 12.0. The average molecular weight is 286 g/mol. The summed E-state index contributed by atoms with van der Waals surface area (Å²) in [5, 5.41) is 10.6. The van der Waals surface area contributed by atoms with Crippen molar-refractivity contribution in [3.63, 3.8) is 0 Å². The van der Waals surface area contributed by atoms with Gasteiger partial charge >= 0.3 is 6.03 Å². The summed E-state index contributed by atoms with van der Waals surface area (Å²) in [6.07, 6.45) is 7.01. The number of carbonyl (C=O) groups is 2. The molecule has 110 valence electrons. The number of nitrogens with zero attached hydrogens (tertiary/aromatic N) is 3. The van der Waals surface area contributed by atoms with Gasteiger partial charge in [-0.2, -0.15) is 5.10 Å². The highest BCUT2D eigenvalue weighted by Gasteiger charge is 2.60. The van der Waals surface area contributed by atoms with E-state index >= 15 is 0 Å². The second-order valence-electron chi connectivity index (χ2n) is 6.60. The Morgan fingerprint density at radius 2 is 2.05 bits per heavy atom. The lowest BCUT2D eigenvalue weighted by Gasteiger charge is -2.48. The molecule has 1 aromatic rings. The molecular weight excluding hydrogens is 268 g/mol. The van der Waals surface area contributed by atoms with Crippen LogP contribution in [0.25, 0.3) is 0 Å². The quantitative estimate of drug-likeness (QED) is 0.841. The summed E-state index contributed by atoms with van der Waals surface area (Å²) in [5.41, 5.74) is 0.200. The molecule has 6 nitrogen and oxygen atoms in total. The Labute approximate surface area is 122 Å². The van der Waals surface area contributed by atoms with Gasteiger partial charge in [0.2, 0.25) is 0 Å². The maximum absolute atomic E-state index is 12.7. The standard InChI is InChI=1S/C15H18N4O2/c1-9-5-12(18-16-8-9)19-13(20)15(17-14(19)21)6-11(7-15)10-3-2-4-10/h5,8,10-11H,2-4,6-7H2,1H3,(H,17,21). The summed E-state index contributed by atoms with van der Waals surface area (Å²) in [4.78, 5) is 26.0. The van der Waals surface area contributed by atoms with Gasteiger partial charge in [-0.25, -0.2) is 9.69 Å². The molecular formula is C15H18N4O2. The van der Waals surface area contributed by atoms with Crippen LogP contribution in [0.15, 0.2) is 12.3 Å². The minimum Gasteiger partial charge on any atom is -0.323 e. The summed E-state index contributed by atoms with van der Waals surface area (Å²) < 4.78 is 0. The first-order valence-electron chi connectivity index (χ1n) is 7.55. The van der Waals surface area contributed by atoms with Gasteiger partial charge in [-0.3, -0.25) is 4.79 Å². The molecule has 2 heterocycles. The van der Waals surface area contributed by atoms with Gasteiger partial charge in [0.15, 0.2) is 5.82 Å². The van der Waals surface area contributed by atoms with Gasteiger partial charge in [0.05, 0.1) is 6.20 Å². The fourth-order valence-corrected chi connectivity index (χ4v) is 3.74. The average Bonchev–Trinajstić information content (AvgIpc) is 2.59. The third-order valence-electron chi connectivity index (χ3n) is 5.21. The van der Waals surface area contributed by atoms with Gasteiger partial charge in [-0.1, -0.05) is 19.3 Å². The van der Waals surface area contributed by atoms with Gasteiger partial charge in [0, 0.05) is 0 Å². The monoisotopic (exact) mass is 286 g/mol. The second kappa shape index (κ2) is 4.26. The smallest absolute Gasteiger partial charge is 0.323 e. The molecule has 1 N–H and O–H groups in total. The molecule has 0 bridgehead atoms. The summed E-state index contributed by atoms with van der Waals surface area (Å²) in [6, 6.07) is 1.35. The lowest BCUT2D eigenvalue weighted by Crippen LogP contribution is -2.59. The number of aromatic nitrogens is 2. The minimum atomic E-state index is -0.678. The molecule has 4 rings (SSSR count). The lowest BCUT2D eigenvalue weighted by molar-refractivity contribution is -0.128. The molecule has 0 radical (unpaired) electrons. The van der Waals surface area contributed by atoms with Gasteiger partial charge < -0.3 is 5.32 Å². The Hall–Kier alpha value is -1.98. The Morgan fingerprint density at radius 1 is 1.29 bits per heavy atom. The van der Waals surface area contributed by atoms with Crippen molar-refractivity contribution in [2.45, 2.75) is 44.6 Å². The van der Waals surface area contributed by atoms with Crippen LogP contribution in [-0.2, 0) is 4.79 Å². The number of carbonyl (C=O) groups excluding carboxylic acids is 2. The van der Waals surface area contributed by atoms with E-state index in [2.05, 4.69) is 15.5 Å². The summed E-state index contributed by atoms with van der Waals surface area (Å²) >= 11 is 0. The number of hydrogen-bond donors (Lipinski definition) is 1. The number of imide groups is 1. The summed E-state index contributed by atoms with van der Waals surface area (Å²) in [7, 11) is 0. The number of anilines is 1. The Bertz CT molecular complexity index is 620. The number of hydrogen-bond acceptors (Lipinski definition) is 4. The van der Waals surface area contributed by atoms with Crippen molar-refractivity contribution < 1.29 is 9.59 Å². The molecule has 0 aromatic carbocycles. The van der Waals surface area contributed by atoms with Crippen LogP contribution < -0.4 is 10.2 Å². The molecule has 6 heteroatoms. The minimum absolute atomic E-state index is 0.164. The van der Waals surface area contributed by atoms with Crippen molar-refractivity contribution in [2.75, 3.05) is 4.90 Å². The van der Waals surface area contributed by atoms with Crippen molar-refractivity contribution >= 4 is 17.8 Å². The molecule has 3 amide bonds. The lowest BCUT2D eigenvalue weighted by atomic mass is 9.58. The zero-order chi connectivity index (χ0) is 14.6. The second-order valence-corrected chi connectivity index (χ2v) is 6.60. The first-order chi connectivity index (χ1) is 10.1. The number of rotatable bonds is 2. The van der Waals surface area contributed by atoms with Crippen molar-refractivity contribution in [3.8, 4) is 0 Å². The molecule has 1 aliphatic heterocycles. The normalized spacial score (nSPS) is 32.0. The van der Waals surface area contributed by atoms with E-state index < -0.39 is 5.54 Å². The van der Waals surface area contributed by atoms with E-state index in [0.29, 0.717) is 11.7 Å². The molecule has 2 saturated carbocycles. The maximum Gasteiger partial charge on any atom is 0.330 e. The topological polar surface area (TPSA) is 75.2 Å². The molecule has 1 aromatic heterocycles. The molecule has 1 saturated heterocycles. The third kappa shape index (κ3) is 1.78. The van der Waals surface area contributed by atoms with Gasteiger partial charge in [-0.05, 0) is 43.2 Å². The van der Waals surface area contributed by atoms with Crippen LogP contribution in [0.3, 0.4) is 0 Å². The van der Waals surface area contributed by atoms with Gasteiger partial charge in [0.1, 0.15) is 5.54 Å². The first kappa shape index (κ1) is 12.7. The SMILES string of the molecule is Cc1cnnc(N2C(=O)NC3(CC(C4CCC4)C3)C2=O)c1. The fourth-order valence-electron chi connectivity index (χ4n) is 3.74. The van der Waals surface area contributed by atoms with Crippen LogP contribution in [0.1, 0.15) is 37.7 Å². The zero-order valence-corrected chi connectivity index (χ0v) is 12.0. The number of nitrogens with one attached hydrogen (secondary N) is 1. The van der Waals surface area contributed by atoms with E-state index in [9.17, 15) is 9.59 Å². The molecule has 0 unspecified atom stereocenters. The van der Waals surface area contributed by atoms with E-state index in [0.717, 1.165) is 29.2 Å². The molecule has 3 aliphatic rings. The van der Waals surface area contributed by atoms with Crippen LogP contribution in [-0.4, -0.2) is 27.7 Å². The van der Waals surface area contributed by atoms with E-state index in [-0.39, 0.29) is 11.9 Å². The first-order valence-corrected chi connectivity index (χ1v) is 7.55. The molecule has 1 spiro atoms. The van der Waals surface area contributed by atoms with Crippen molar-refractivity contribution in [3.05, 3.63) is 17.8 Å². The van der Waals surface area contributed by atoms with Crippen molar-refractivity contribution in [2.24, 2.45) is 11.8 Å². The van der Waals surface area contributed by atoms with Crippen LogP contribution in [0, 0.1) is 18.8 Å². The highest BCUT2D eigenvalue weighted by molar-refractivity contribution is 6.23. The predicted octanol–water partition coefficient (Wildman–Crippen LogP) is 1.79. The number of urea groups is 1. The van der Waals surface area contributed by atoms with Gasteiger partial charge in [0.25, 0.3) is 5.91 Å². The Balaban J connectivity index is 1.56. The van der Waals surface area contributed by atoms with Crippen LogP contribution >= 0.6 is 0 Å². The molecule has 3 fully saturated rings. The predicted molar refractivity (Wildman–Crippen MR) is 75.6 cm³/mol. The molecule has 2 aliphatic carbocycles. The fraction of sp³-hybridized carbons (Fsp3) is 0.600. The highest BCUT2D eigenvalue weighted by Crippen LogP contribution is 2.51. The number of aryl methyl sites for hydroxylation is 1. The van der Waals surface area contributed by atoms with Gasteiger partial charge in [-0.15, -0.1) is 5.10 Å². The van der Waals surface area contributed by atoms with E-state index in [1.807, 2.05) is 6.92 Å². The maximum atomic E-state index is 12.7. The van der Waals surface area contributed by atoms with E-state index in [1.165, 1.54) is 19.3 Å². The van der Waals surface area contributed by atoms with Crippen molar-refractivity contribution in [1.29, 1.82) is 0 Å². The summed E-state index contributed by atoms with van der Waals surface area (Å²) in [5.74, 6) is 1.50. The molecule has 21 heavy (non-hydrogen) atoms.